The van der Waals surface area contributed by atoms with Gasteiger partial charge in [-0.15, -0.1) is 0 Å². The molecule has 0 atom stereocenters. The molecule has 0 radical (unpaired) electrons. The minimum absolute atomic E-state index is 0.00353. The number of hydrogen-bond donors (Lipinski definition) is 0. The quantitative estimate of drug-likeness (QED) is 0.781. The molecule has 2 heterocycles. The van der Waals surface area contributed by atoms with Crippen molar-refractivity contribution in [3.05, 3.63) is 53.1 Å². The van der Waals surface area contributed by atoms with Gasteiger partial charge in [0.25, 0.3) is 5.91 Å². The number of carbonyl (C=O) groups is 1. The third-order valence-electron chi connectivity index (χ3n) is 3.77. The molecule has 0 saturated heterocycles. The summed E-state index contributed by atoms with van der Waals surface area (Å²) < 4.78 is 1.76. The Kier molecular flexibility index (Phi) is 6.19. The predicted octanol–water partition coefficient (Wildman–Crippen LogP) is 2.67. The average Bonchev–Trinajstić information content (AvgIpc) is 2.86. The van der Waals surface area contributed by atoms with Crippen molar-refractivity contribution in [2.75, 3.05) is 27.2 Å². The highest BCUT2D eigenvalue weighted by atomic mass is 35.5. The van der Waals surface area contributed by atoms with Gasteiger partial charge in [0.05, 0.1) is 5.02 Å². The largest absolute Gasteiger partial charge is 0.345 e. The molecule has 6 heteroatoms. The molecule has 0 aliphatic rings. The third kappa shape index (κ3) is 5.08. The van der Waals surface area contributed by atoms with Gasteiger partial charge in [-0.2, -0.15) is 0 Å². The molecule has 0 spiro atoms. The molecule has 0 saturated carbocycles. The molecule has 0 aliphatic carbocycles. The number of halogens is 1. The van der Waals surface area contributed by atoms with Gasteiger partial charge in [-0.1, -0.05) is 11.6 Å². The highest BCUT2D eigenvalue weighted by molar-refractivity contribution is 6.31. The van der Waals surface area contributed by atoms with Crippen molar-refractivity contribution >= 4 is 17.5 Å². The summed E-state index contributed by atoms with van der Waals surface area (Å²) in [7, 11) is 5.74. The molecule has 0 fully saturated rings. The number of amides is 1. The van der Waals surface area contributed by atoms with Crippen LogP contribution in [0.4, 0.5) is 0 Å². The number of pyridine rings is 1. The number of carbonyl (C=O) groups excluding carboxylic acids is 1. The maximum absolute atomic E-state index is 12.4. The van der Waals surface area contributed by atoms with Crippen molar-refractivity contribution in [2.24, 2.45) is 7.05 Å². The van der Waals surface area contributed by atoms with E-state index in [9.17, 15) is 4.79 Å². The minimum atomic E-state index is -0.00353. The Balaban J connectivity index is 1.77. The van der Waals surface area contributed by atoms with Crippen LogP contribution < -0.4 is 0 Å². The van der Waals surface area contributed by atoms with Crippen LogP contribution in [0.3, 0.4) is 0 Å². The molecule has 0 aliphatic heterocycles. The van der Waals surface area contributed by atoms with Crippen molar-refractivity contribution in [1.29, 1.82) is 0 Å². The van der Waals surface area contributed by atoms with Crippen LogP contribution in [0.2, 0.25) is 5.02 Å². The Morgan fingerprint density at radius 3 is 2.57 bits per heavy atom. The second-order valence-electron chi connectivity index (χ2n) is 5.83. The van der Waals surface area contributed by atoms with E-state index in [0.717, 1.165) is 19.5 Å². The second-order valence-corrected chi connectivity index (χ2v) is 6.26. The Morgan fingerprint density at radius 2 is 1.96 bits per heavy atom. The Bertz CT molecular complexity index is 641. The van der Waals surface area contributed by atoms with Crippen LogP contribution in [0.15, 0.2) is 36.8 Å². The molecule has 0 bridgehead atoms. The van der Waals surface area contributed by atoms with Crippen LogP contribution in [0.1, 0.15) is 22.5 Å². The average molecular weight is 335 g/mol. The zero-order valence-electron chi connectivity index (χ0n) is 13.9. The summed E-state index contributed by atoms with van der Waals surface area (Å²) in [6.45, 7) is 2.52. The Hall–Kier alpha value is -1.85. The van der Waals surface area contributed by atoms with Gasteiger partial charge in [0.2, 0.25) is 0 Å². The van der Waals surface area contributed by atoms with E-state index >= 15 is 0 Å². The molecule has 0 N–H and O–H groups in total. The van der Waals surface area contributed by atoms with E-state index in [0.29, 0.717) is 17.3 Å². The number of aryl methyl sites for hydroxylation is 1. The lowest BCUT2D eigenvalue weighted by atomic mass is 10.2. The number of aromatic nitrogens is 2. The molecule has 0 aromatic carbocycles. The fourth-order valence-electron chi connectivity index (χ4n) is 2.49. The molecule has 23 heavy (non-hydrogen) atoms. The molecule has 5 nitrogen and oxygen atoms in total. The predicted molar refractivity (Wildman–Crippen MR) is 92.6 cm³/mol. The van der Waals surface area contributed by atoms with Crippen molar-refractivity contribution in [1.82, 2.24) is 19.4 Å². The van der Waals surface area contributed by atoms with Gasteiger partial charge >= 0.3 is 0 Å². The van der Waals surface area contributed by atoms with Gasteiger partial charge < -0.3 is 14.4 Å². The zero-order chi connectivity index (χ0) is 16.8. The SMILES string of the molecule is CN(CCCN(C)C(=O)c1cc(Cl)cn1C)Cc1ccncc1. The summed E-state index contributed by atoms with van der Waals surface area (Å²) in [5, 5.41) is 0.585. The standard InChI is InChI=1S/C17H23ClN4O/c1-20(12-14-5-7-19-8-6-14)9-4-10-21(2)17(23)16-11-15(18)13-22(16)3/h5-8,11,13H,4,9-10,12H2,1-3H3. The molecule has 2 aromatic heterocycles. The minimum Gasteiger partial charge on any atom is -0.345 e. The first-order chi connectivity index (χ1) is 11.0. The van der Waals surface area contributed by atoms with Crippen molar-refractivity contribution in [3.63, 3.8) is 0 Å². The maximum Gasteiger partial charge on any atom is 0.270 e. The smallest absolute Gasteiger partial charge is 0.270 e. The summed E-state index contributed by atoms with van der Waals surface area (Å²) in [4.78, 5) is 20.4. The fraction of sp³-hybridized carbons (Fsp3) is 0.412. The number of hydrogen-bond acceptors (Lipinski definition) is 3. The van der Waals surface area contributed by atoms with Gasteiger partial charge in [0.1, 0.15) is 5.69 Å². The van der Waals surface area contributed by atoms with Gasteiger partial charge in [0.15, 0.2) is 0 Å². The second kappa shape index (κ2) is 8.13. The van der Waals surface area contributed by atoms with E-state index in [1.165, 1.54) is 5.56 Å². The molecule has 1 amide bonds. The highest BCUT2D eigenvalue weighted by Gasteiger charge is 2.15. The molecule has 0 unspecified atom stereocenters. The molecular formula is C17H23ClN4O. The van der Waals surface area contributed by atoms with Crippen LogP contribution in [0.25, 0.3) is 0 Å². The number of rotatable bonds is 7. The van der Waals surface area contributed by atoms with E-state index in [2.05, 4.69) is 16.9 Å². The third-order valence-corrected chi connectivity index (χ3v) is 3.98. The fourth-order valence-corrected chi connectivity index (χ4v) is 2.74. The Labute approximate surface area is 142 Å². The maximum atomic E-state index is 12.4. The molecule has 124 valence electrons. The zero-order valence-corrected chi connectivity index (χ0v) is 14.6. The summed E-state index contributed by atoms with van der Waals surface area (Å²) in [6.07, 6.45) is 6.27. The van der Waals surface area contributed by atoms with E-state index in [1.807, 2.05) is 26.2 Å². The Morgan fingerprint density at radius 1 is 1.26 bits per heavy atom. The lowest BCUT2D eigenvalue weighted by molar-refractivity contribution is 0.0780. The van der Waals surface area contributed by atoms with Crippen LogP contribution >= 0.6 is 11.6 Å². The summed E-state index contributed by atoms with van der Waals surface area (Å²) >= 11 is 5.93. The highest BCUT2D eigenvalue weighted by Crippen LogP contribution is 2.14. The first kappa shape index (κ1) is 17.5. The summed E-state index contributed by atoms with van der Waals surface area (Å²) in [5.41, 5.74) is 1.85. The molecular weight excluding hydrogens is 312 g/mol. The summed E-state index contributed by atoms with van der Waals surface area (Å²) in [6, 6.07) is 5.74. The van der Waals surface area contributed by atoms with E-state index in [1.54, 1.807) is 34.1 Å². The van der Waals surface area contributed by atoms with Gasteiger partial charge in [-0.3, -0.25) is 9.78 Å². The van der Waals surface area contributed by atoms with E-state index < -0.39 is 0 Å². The van der Waals surface area contributed by atoms with Crippen molar-refractivity contribution < 1.29 is 4.79 Å². The van der Waals surface area contributed by atoms with Crippen molar-refractivity contribution in [2.45, 2.75) is 13.0 Å². The topological polar surface area (TPSA) is 41.4 Å². The van der Waals surface area contributed by atoms with Crippen molar-refractivity contribution in [3.8, 4) is 0 Å². The van der Waals surface area contributed by atoms with Gasteiger partial charge in [-0.05, 0) is 43.8 Å². The lowest BCUT2D eigenvalue weighted by Gasteiger charge is -2.20. The molecule has 2 rings (SSSR count). The molecule has 2 aromatic rings. The van der Waals surface area contributed by atoms with Crippen LogP contribution in [-0.2, 0) is 13.6 Å². The first-order valence-electron chi connectivity index (χ1n) is 7.62. The van der Waals surface area contributed by atoms with E-state index in [4.69, 9.17) is 11.6 Å². The normalized spacial score (nSPS) is 11.0. The van der Waals surface area contributed by atoms with Crippen LogP contribution in [0, 0.1) is 0 Å². The van der Waals surface area contributed by atoms with E-state index in [-0.39, 0.29) is 5.91 Å². The monoisotopic (exact) mass is 334 g/mol. The van der Waals surface area contributed by atoms with Crippen LogP contribution in [-0.4, -0.2) is 52.4 Å². The van der Waals surface area contributed by atoms with Crippen LogP contribution in [0.5, 0.6) is 0 Å². The summed E-state index contributed by atoms with van der Waals surface area (Å²) in [5.74, 6) is -0.00353. The van der Waals surface area contributed by atoms with Gasteiger partial charge in [0, 0.05) is 45.8 Å². The first-order valence-corrected chi connectivity index (χ1v) is 8.00. The number of nitrogens with zero attached hydrogens (tertiary/aromatic N) is 4. The van der Waals surface area contributed by atoms with Gasteiger partial charge in [-0.25, -0.2) is 0 Å². The lowest BCUT2D eigenvalue weighted by Crippen LogP contribution is -2.31.